The van der Waals surface area contributed by atoms with Crippen molar-refractivity contribution in [1.82, 2.24) is 5.32 Å². The van der Waals surface area contributed by atoms with Crippen LogP contribution in [-0.4, -0.2) is 19.7 Å². The van der Waals surface area contributed by atoms with Crippen LogP contribution in [0.25, 0.3) is 0 Å². The molecule has 0 atom stereocenters. The number of nitrogens with one attached hydrogen (secondary N) is 1. The van der Waals surface area contributed by atoms with Crippen LogP contribution >= 0.6 is 0 Å². The normalized spacial score (nSPS) is 18.8. The van der Waals surface area contributed by atoms with Crippen molar-refractivity contribution in [2.45, 2.75) is 32.1 Å². The molecule has 2 heterocycles. The molecule has 0 spiro atoms. The molecule has 0 saturated carbocycles. The van der Waals surface area contributed by atoms with E-state index in [9.17, 15) is 0 Å². The standard InChI is InChI=1S/C9H10O.C5H11N/c1-2-6-9-8(4-1)5-3-7-10-9;1-2-4-6-5-3-1/h1-2,4,6H,3,5,7H2;6H,1-5H2. The smallest absolute Gasteiger partial charge is 0.122 e. The van der Waals surface area contributed by atoms with Gasteiger partial charge in [0.05, 0.1) is 6.61 Å². The summed E-state index contributed by atoms with van der Waals surface area (Å²) in [7, 11) is 0. The van der Waals surface area contributed by atoms with Crippen LogP contribution in [0, 0.1) is 0 Å². The highest BCUT2D eigenvalue weighted by Gasteiger charge is 2.06. The lowest BCUT2D eigenvalue weighted by Gasteiger charge is -2.15. The minimum Gasteiger partial charge on any atom is -0.493 e. The van der Waals surface area contributed by atoms with Crippen LogP contribution in [0.4, 0.5) is 0 Å². The van der Waals surface area contributed by atoms with Gasteiger partial charge in [-0.05, 0) is 50.4 Å². The molecule has 1 N–H and O–H groups in total. The highest BCUT2D eigenvalue weighted by atomic mass is 16.5. The Morgan fingerprint density at radius 3 is 2.38 bits per heavy atom. The third-order valence-electron chi connectivity index (χ3n) is 3.03. The van der Waals surface area contributed by atoms with Crippen molar-refractivity contribution in [3.63, 3.8) is 0 Å². The lowest BCUT2D eigenvalue weighted by Crippen LogP contribution is -2.21. The van der Waals surface area contributed by atoms with Crippen molar-refractivity contribution in [2.24, 2.45) is 0 Å². The number of piperidine rings is 1. The van der Waals surface area contributed by atoms with Crippen molar-refractivity contribution in [1.29, 1.82) is 0 Å². The molecule has 2 heteroatoms. The largest absolute Gasteiger partial charge is 0.493 e. The van der Waals surface area contributed by atoms with Crippen LogP contribution in [0.1, 0.15) is 31.2 Å². The average Bonchev–Trinajstić information content (AvgIpc) is 2.42. The topological polar surface area (TPSA) is 21.3 Å². The Morgan fingerprint density at radius 1 is 0.938 bits per heavy atom. The van der Waals surface area contributed by atoms with E-state index in [1.165, 1.54) is 44.3 Å². The Hall–Kier alpha value is -1.02. The van der Waals surface area contributed by atoms with E-state index in [1.807, 2.05) is 12.1 Å². The van der Waals surface area contributed by atoms with Gasteiger partial charge < -0.3 is 10.1 Å². The van der Waals surface area contributed by atoms with Crippen molar-refractivity contribution < 1.29 is 4.74 Å². The first-order valence-corrected chi connectivity index (χ1v) is 6.38. The van der Waals surface area contributed by atoms with Crippen LogP contribution in [0.5, 0.6) is 5.75 Å². The van der Waals surface area contributed by atoms with E-state index in [-0.39, 0.29) is 0 Å². The van der Waals surface area contributed by atoms with Gasteiger partial charge in [0.1, 0.15) is 5.75 Å². The molecule has 2 nitrogen and oxygen atoms in total. The van der Waals surface area contributed by atoms with Gasteiger partial charge in [-0.25, -0.2) is 0 Å². The summed E-state index contributed by atoms with van der Waals surface area (Å²) in [6.45, 7) is 3.39. The van der Waals surface area contributed by atoms with Gasteiger partial charge >= 0.3 is 0 Å². The summed E-state index contributed by atoms with van der Waals surface area (Å²) in [5.74, 6) is 1.08. The summed E-state index contributed by atoms with van der Waals surface area (Å²) in [6.07, 6.45) is 6.56. The highest BCUT2D eigenvalue weighted by molar-refractivity contribution is 5.34. The van der Waals surface area contributed by atoms with Crippen LogP contribution in [0.2, 0.25) is 0 Å². The zero-order valence-corrected chi connectivity index (χ0v) is 9.87. The molecule has 0 aromatic heterocycles. The molecule has 0 unspecified atom stereocenters. The number of benzene rings is 1. The molecule has 1 fully saturated rings. The average molecular weight is 219 g/mol. The fraction of sp³-hybridized carbons (Fsp3) is 0.571. The maximum atomic E-state index is 5.42. The molecule has 0 amide bonds. The molecule has 3 rings (SSSR count). The fourth-order valence-electron chi connectivity index (χ4n) is 2.10. The lowest BCUT2D eigenvalue weighted by atomic mass is 10.1. The first-order valence-electron chi connectivity index (χ1n) is 6.38. The predicted molar refractivity (Wildman–Crippen MR) is 67.0 cm³/mol. The van der Waals surface area contributed by atoms with Crippen molar-refractivity contribution in [3.8, 4) is 5.75 Å². The van der Waals surface area contributed by atoms with E-state index in [0.717, 1.165) is 18.8 Å². The molecular formula is C14H21NO. The third-order valence-corrected chi connectivity index (χ3v) is 3.03. The van der Waals surface area contributed by atoms with Crippen molar-refractivity contribution >= 4 is 0 Å². The SMILES string of the molecule is C1CCNCC1.c1ccc2c(c1)CCCO2. The molecule has 1 saturated heterocycles. The number of fused-ring (bicyclic) bond motifs is 1. The molecule has 16 heavy (non-hydrogen) atoms. The summed E-state index contributed by atoms with van der Waals surface area (Å²) >= 11 is 0. The molecule has 0 radical (unpaired) electrons. The molecule has 0 aliphatic carbocycles. The minimum atomic E-state index is 0.886. The van der Waals surface area contributed by atoms with Gasteiger partial charge in [-0.2, -0.15) is 0 Å². The molecule has 2 aliphatic rings. The van der Waals surface area contributed by atoms with E-state index in [1.54, 1.807) is 0 Å². The van der Waals surface area contributed by atoms with Crippen LogP contribution in [0.3, 0.4) is 0 Å². The Kier molecular flexibility index (Phi) is 4.69. The summed E-state index contributed by atoms with van der Waals surface area (Å²) in [5.41, 5.74) is 1.36. The Bertz CT molecular complexity index is 271. The Balaban J connectivity index is 0.000000138. The van der Waals surface area contributed by atoms with Gasteiger partial charge in [-0.1, -0.05) is 24.6 Å². The second-order valence-electron chi connectivity index (χ2n) is 4.37. The summed E-state index contributed by atoms with van der Waals surface area (Å²) in [6, 6.07) is 8.25. The van der Waals surface area contributed by atoms with E-state index >= 15 is 0 Å². The monoisotopic (exact) mass is 219 g/mol. The maximum absolute atomic E-state index is 5.42. The predicted octanol–water partition coefficient (Wildman–Crippen LogP) is 2.77. The van der Waals surface area contributed by atoms with Gasteiger partial charge in [-0.3, -0.25) is 0 Å². The van der Waals surface area contributed by atoms with Crippen molar-refractivity contribution in [3.05, 3.63) is 29.8 Å². The van der Waals surface area contributed by atoms with E-state index in [0.29, 0.717) is 0 Å². The quantitative estimate of drug-likeness (QED) is 0.724. The number of para-hydroxylation sites is 1. The number of aryl methyl sites for hydroxylation is 1. The van der Waals surface area contributed by atoms with E-state index in [2.05, 4.69) is 17.4 Å². The maximum Gasteiger partial charge on any atom is 0.122 e. The summed E-state index contributed by atoms with van der Waals surface area (Å²) in [4.78, 5) is 0. The minimum absolute atomic E-state index is 0.886. The van der Waals surface area contributed by atoms with Gasteiger partial charge in [-0.15, -0.1) is 0 Å². The number of rotatable bonds is 0. The zero-order valence-electron chi connectivity index (χ0n) is 9.87. The van der Waals surface area contributed by atoms with Gasteiger partial charge in [0.25, 0.3) is 0 Å². The molecule has 88 valence electrons. The van der Waals surface area contributed by atoms with Crippen LogP contribution in [-0.2, 0) is 6.42 Å². The number of hydrogen-bond donors (Lipinski definition) is 1. The molecule has 2 aliphatic heterocycles. The van der Waals surface area contributed by atoms with Crippen molar-refractivity contribution in [2.75, 3.05) is 19.7 Å². The first kappa shape index (κ1) is 11.5. The second kappa shape index (κ2) is 6.54. The second-order valence-corrected chi connectivity index (χ2v) is 4.37. The van der Waals surface area contributed by atoms with Gasteiger partial charge in [0.2, 0.25) is 0 Å². The first-order chi connectivity index (χ1) is 7.97. The lowest BCUT2D eigenvalue weighted by molar-refractivity contribution is 0.288. The zero-order chi connectivity index (χ0) is 11.1. The Labute approximate surface area is 98.0 Å². The fourth-order valence-corrected chi connectivity index (χ4v) is 2.10. The number of hydrogen-bond acceptors (Lipinski definition) is 2. The summed E-state index contributed by atoms with van der Waals surface area (Å²) in [5, 5.41) is 3.28. The van der Waals surface area contributed by atoms with Gasteiger partial charge in [0, 0.05) is 0 Å². The summed E-state index contributed by atoms with van der Waals surface area (Å²) < 4.78 is 5.42. The molecule has 0 bridgehead atoms. The number of ether oxygens (including phenoxy) is 1. The van der Waals surface area contributed by atoms with Crippen LogP contribution < -0.4 is 10.1 Å². The highest BCUT2D eigenvalue weighted by Crippen LogP contribution is 2.23. The van der Waals surface area contributed by atoms with Crippen LogP contribution in [0.15, 0.2) is 24.3 Å². The van der Waals surface area contributed by atoms with E-state index in [4.69, 9.17) is 4.74 Å². The van der Waals surface area contributed by atoms with Gasteiger partial charge in [0.15, 0.2) is 0 Å². The molecular weight excluding hydrogens is 198 g/mol. The third kappa shape index (κ3) is 3.53. The molecule has 1 aromatic carbocycles. The Morgan fingerprint density at radius 2 is 1.75 bits per heavy atom. The van der Waals surface area contributed by atoms with E-state index < -0.39 is 0 Å². The molecule has 1 aromatic rings.